The van der Waals surface area contributed by atoms with Gasteiger partial charge in [0.2, 0.25) is 5.88 Å². The number of aliphatic hydroxyl groups is 1. The van der Waals surface area contributed by atoms with Gasteiger partial charge >= 0.3 is 0 Å². The van der Waals surface area contributed by atoms with Crippen LogP contribution in [0.1, 0.15) is 25.3 Å². The third kappa shape index (κ3) is 6.89. The summed E-state index contributed by atoms with van der Waals surface area (Å²) in [6.07, 6.45) is 1.50. The molecule has 0 bridgehead atoms. The third-order valence-electron chi connectivity index (χ3n) is 6.00. The van der Waals surface area contributed by atoms with Crippen molar-refractivity contribution in [2.45, 2.75) is 38.5 Å². The van der Waals surface area contributed by atoms with Crippen LogP contribution in [0, 0.1) is 5.82 Å². The van der Waals surface area contributed by atoms with Crippen LogP contribution in [0.4, 0.5) is 4.39 Å². The Kier molecular flexibility index (Phi) is 8.87. The maximum Gasteiger partial charge on any atom is 0.222 e. The largest absolute Gasteiger partial charge is 0.439 e. The monoisotopic (exact) mass is 483 g/mol. The number of nitrogens with zero attached hydrogens (tertiary/aromatic N) is 3. The third-order valence-corrected chi connectivity index (χ3v) is 6.00. The van der Waals surface area contributed by atoms with Crippen LogP contribution in [0.2, 0.25) is 0 Å². The van der Waals surface area contributed by atoms with Gasteiger partial charge < -0.3 is 19.3 Å². The van der Waals surface area contributed by atoms with Gasteiger partial charge in [-0.15, -0.1) is 0 Å². The fourth-order valence-corrected chi connectivity index (χ4v) is 4.40. The zero-order valence-corrected chi connectivity index (χ0v) is 20.4. The van der Waals surface area contributed by atoms with E-state index in [0.29, 0.717) is 37.9 Å². The lowest BCUT2D eigenvalue weighted by Crippen LogP contribution is -2.39. The molecule has 2 aromatic carbocycles. The van der Waals surface area contributed by atoms with Gasteiger partial charge in [-0.25, -0.2) is 9.07 Å². The Bertz CT molecular complexity index is 1070. The van der Waals surface area contributed by atoms with Gasteiger partial charge in [-0.2, -0.15) is 5.10 Å². The molecule has 35 heavy (non-hydrogen) atoms. The number of aliphatic hydroxyl groups excluding tert-OH is 1. The Labute approximate surface area is 206 Å². The molecule has 0 spiro atoms. The maximum absolute atomic E-state index is 13.9. The first kappa shape index (κ1) is 25.3. The van der Waals surface area contributed by atoms with E-state index in [2.05, 4.69) is 4.90 Å². The lowest BCUT2D eigenvalue weighted by Gasteiger charge is -2.27. The second kappa shape index (κ2) is 12.3. The van der Waals surface area contributed by atoms with E-state index < -0.39 is 6.10 Å². The first-order valence-electron chi connectivity index (χ1n) is 12.2. The molecule has 2 heterocycles. The van der Waals surface area contributed by atoms with Gasteiger partial charge in [0.05, 0.1) is 24.4 Å². The summed E-state index contributed by atoms with van der Waals surface area (Å²) in [5, 5.41) is 15.4. The SMILES string of the molecule is CCOC[C@H](O)CN(Cc1c(-c2ccccc2)nn(C)c1Oc1cccc(F)c1)C[C@@H]1CCCO1. The number of halogens is 1. The van der Waals surface area contributed by atoms with E-state index in [1.165, 1.54) is 12.1 Å². The first-order chi connectivity index (χ1) is 17.0. The molecule has 8 heteroatoms. The number of rotatable bonds is 12. The summed E-state index contributed by atoms with van der Waals surface area (Å²) in [4.78, 5) is 2.17. The normalized spacial score (nSPS) is 16.7. The van der Waals surface area contributed by atoms with Crippen molar-refractivity contribution in [3.63, 3.8) is 0 Å². The molecule has 1 saturated heterocycles. The highest BCUT2D eigenvalue weighted by Gasteiger charge is 2.26. The maximum atomic E-state index is 13.9. The second-order valence-corrected chi connectivity index (χ2v) is 8.82. The molecule has 1 aliphatic heterocycles. The summed E-state index contributed by atoms with van der Waals surface area (Å²) in [6, 6.07) is 16.0. The Morgan fingerprint density at radius 3 is 2.77 bits per heavy atom. The highest BCUT2D eigenvalue weighted by Crippen LogP contribution is 2.34. The highest BCUT2D eigenvalue weighted by atomic mass is 19.1. The lowest BCUT2D eigenvalue weighted by atomic mass is 10.1. The van der Waals surface area contributed by atoms with Gasteiger partial charge in [-0.3, -0.25) is 4.90 Å². The molecule has 1 fully saturated rings. The Hall–Kier alpha value is -2.78. The minimum absolute atomic E-state index is 0.110. The molecule has 3 aromatic rings. The van der Waals surface area contributed by atoms with E-state index in [1.54, 1.807) is 16.8 Å². The van der Waals surface area contributed by atoms with Crippen LogP contribution in [0.3, 0.4) is 0 Å². The molecule has 2 atom stereocenters. The molecule has 0 saturated carbocycles. The minimum Gasteiger partial charge on any atom is -0.439 e. The van der Waals surface area contributed by atoms with Gasteiger partial charge in [-0.1, -0.05) is 36.4 Å². The van der Waals surface area contributed by atoms with Crippen LogP contribution in [-0.4, -0.2) is 64.9 Å². The minimum atomic E-state index is -0.638. The highest BCUT2D eigenvalue weighted by molar-refractivity contribution is 5.65. The van der Waals surface area contributed by atoms with Gasteiger partial charge in [0.25, 0.3) is 0 Å². The molecular weight excluding hydrogens is 449 g/mol. The fourth-order valence-electron chi connectivity index (χ4n) is 4.40. The van der Waals surface area contributed by atoms with Crippen molar-refractivity contribution < 1.29 is 23.7 Å². The molecule has 0 aliphatic carbocycles. The Morgan fingerprint density at radius 2 is 2.06 bits per heavy atom. The smallest absolute Gasteiger partial charge is 0.222 e. The predicted molar refractivity (Wildman–Crippen MR) is 132 cm³/mol. The van der Waals surface area contributed by atoms with Crippen molar-refractivity contribution in [2.75, 3.05) is 32.9 Å². The summed E-state index contributed by atoms with van der Waals surface area (Å²) in [6.45, 7) is 5.06. The number of hydrogen-bond acceptors (Lipinski definition) is 6. The fraction of sp³-hybridized carbons (Fsp3) is 0.444. The summed E-state index contributed by atoms with van der Waals surface area (Å²) < 4.78 is 33.1. The van der Waals surface area contributed by atoms with E-state index in [9.17, 15) is 9.50 Å². The number of aryl methyl sites for hydroxylation is 1. The average Bonchev–Trinajstić information content (AvgIpc) is 3.47. The van der Waals surface area contributed by atoms with E-state index >= 15 is 0 Å². The van der Waals surface area contributed by atoms with E-state index in [4.69, 9.17) is 19.3 Å². The van der Waals surface area contributed by atoms with Gasteiger partial charge in [-0.05, 0) is 31.9 Å². The number of ether oxygens (including phenoxy) is 3. The molecule has 1 aliphatic rings. The average molecular weight is 484 g/mol. The van der Waals surface area contributed by atoms with Crippen molar-refractivity contribution in [1.82, 2.24) is 14.7 Å². The van der Waals surface area contributed by atoms with Gasteiger partial charge in [0.1, 0.15) is 17.3 Å². The molecule has 4 rings (SSSR count). The van der Waals surface area contributed by atoms with Gasteiger partial charge in [0.15, 0.2) is 0 Å². The summed E-state index contributed by atoms with van der Waals surface area (Å²) >= 11 is 0. The Balaban J connectivity index is 1.67. The zero-order valence-electron chi connectivity index (χ0n) is 20.4. The molecule has 1 N–H and O–H groups in total. The van der Waals surface area contributed by atoms with Crippen molar-refractivity contribution in [3.8, 4) is 22.9 Å². The number of hydrogen-bond donors (Lipinski definition) is 1. The molecular formula is C27H34FN3O4. The van der Waals surface area contributed by atoms with Crippen LogP contribution in [-0.2, 0) is 23.1 Å². The summed E-state index contributed by atoms with van der Waals surface area (Å²) in [5.74, 6) is 0.565. The van der Waals surface area contributed by atoms with Crippen LogP contribution >= 0.6 is 0 Å². The molecule has 0 amide bonds. The molecule has 0 radical (unpaired) electrons. The Morgan fingerprint density at radius 1 is 1.23 bits per heavy atom. The van der Waals surface area contributed by atoms with Crippen molar-refractivity contribution in [2.24, 2.45) is 7.05 Å². The van der Waals surface area contributed by atoms with Crippen LogP contribution in [0.15, 0.2) is 54.6 Å². The zero-order chi connectivity index (χ0) is 24.6. The van der Waals surface area contributed by atoms with E-state index in [1.807, 2.05) is 44.3 Å². The quantitative estimate of drug-likeness (QED) is 0.412. The molecule has 7 nitrogen and oxygen atoms in total. The number of aromatic nitrogens is 2. The second-order valence-electron chi connectivity index (χ2n) is 8.82. The van der Waals surface area contributed by atoms with Crippen molar-refractivity contribution in [1.29, 1.82) is 0 Å². The van der Waals surface area contributed by atoms with Crippen molar-refractivity contribution in [3.05, 3.63) is 66.0 Å². The summed E-state index contributed by atoms with van der Waals surface area (Å²) in [7, 11) is 1.82. The molecule has 1 aromatic heterocycles. The topological polar surface area (TPSA) is 69.0 Å². The first-order valence-corrected chi connectivity index (χ1v) is 12.2. The summed E-state index contributed by atoms with van der Waals surface area (Å²) in [5.41, 5.74) is 2.61. The van der Waals surface area contributed by atoms with Crippen LogP contribution < -0.4 is 4.74 Å². The van der Waals surface area contributed by atoms with Crippen molar-refractivity contribution >= 4 is 0 Å². The molecule has 0 unspecified atom stereocenters. The standard InChI is InChI=1S/C27H34FN3O4/c1-3-33-19-22(32)16-31(17-24-13-8-14-34-24)18-25-26(20-9-5-4-6-10-20)29-30(2)27(25)35-23-12-7-11-21(28)15-23/h4-7,9-12,15,22,24,32H,3,8,13-14,16-19H2,1-2H3/t22-,24+/m1/s1. The predicted octanol–water partition coefficient (Wildman–Crippen LogP) is 4.40. The van der Waals surface area contributed by atoms with Crippen LogP contribution in [0.5, 0.6) is 11.6 Å². The van der Waals surface area contributed by atoms with E-state index in [0.717, 1.165) is 36.3 Å². The number of benzene rings is 2. The van der Waals surface area contributed by atoms with Crippen LogP contribution in [0.25, 0.3) is 11.3 Å². The van der Waals surface area contributed by atoms with E-state index in [-0.39, 0.29) is 18.5 Å². The lowest BCUT2D eigenvalue weighted by molar-refractivity contribution is 0.00505. The van der Waals surface area contributed by atoms with Gasteiger partial charge in [0, 0.05) is 51.5 Å². The molecule has 188 valence electrons.